The third kappa shape index (κ3) is 3.36. The average Bonchev–Trinajstić information content (AvgIpc) is 3.18. The van der Waals surface area contributed by atoms with Crippen LogP contribution in [0.4, 0.5) is 5.82 Å². The molecule has 2 aromatic rings. The number of hydrogen-bond donors (Lipinski definition) is 2. The molecule has 2 aliphatic heterocycles. The lowest BCUT2D eigenvalue weighted by atomic mass is 9.62. The standard InChI is InChI=1S/C25H34N4/c1-29(2)24-11-10-20-22(28-24)9-6-13-25(20)17-26-16-21(25)23-15-19(12-14-27-23)18-7-4-3-5-8-18/h3-5,7-8,10-11,19,21,23,26-27H,6,9,12-17H2,1-2H3/t19?,21-,23?,25-/m0/s1. The van der Waals surface area contributed by atoms with Gasteiger partial charge in [0.15, 0.2) is 0 Å². The Hall–Kier alpha value is -1.91. The van der Waals surface area contributed by atoms with Crippen molar-refractivity contribution in [2.75, 3.05) is 38.6 Å². The van der Waals surface area contributed by atoms with Gasteiger partial charge in [0, 0.05) is 44.3 Å². The predicted molar refractivity (Wildman–Crippen MR) is 120 cm³/mol. The molecule has 4 heteroatoms. The van der Waals surface area contributed by atoms with Crippen LogP contribution in [0.2, 0.25) is 0 Å². The first-order valence-electron chi connectivity index (χ1n) is 11.3. The van der Waals surface area contributed by atoms with Gasteiger partial charge < -0.3 is 15.5 Å². The number of nitrogens with one attached hydrogen (secondary N) is 2. The van der Waals surface area contributed by atoms with Crippen molar-refractivity contribution in [2.24, 2.45) is 5.92 Å². The number of aromatic nitrogens is 1. The quantitative estimate of drug-likeness (QED) is 0.842. The molecule has 1 spiro atoms. The fraction of sp³-hybridized carbons (Fsp3) is 0.560. The van der Waals surface area contributed by atoms with E-state index in [1.54, 1.807) is 0 Å². The molecule has 3 aliphatic rings. The van der Waals surface area contributed by atoms with Crippen molar-refractivity contribution in [1.82, 2.24) is 15.6 Å². The summed E-state index contributed by atoms with van der Waals surface area (Å²) in [7, 11) is 4.17. The van der Waals surface area contributed by atoms with Crippen molar-refractivity contribution in [2.45, 2.75) is 49.5 Å². The summed E-state index contributed by atoms with van der Waals surface area (Å²) in [6, 6.07) is 16.3. The Bertz CT molecular complexity index is 849. The Morgan fingerprint density at radius 1 is 1.10 bits per heavy atom. The number of benzene rings is 1. The van der Waals surface area contributed by atoms with Crippen molar-refractivity contribution in [3.8, 4) is 0 Å². The molecule has 29 heavy (non-hydrogen) atoms. The van der Waals surface area contributed by atoms with Gasteiger partial charge >= 0.3 is 0 Å². The average molecular weight is 391 g/mol. The van der Waals surface area contributed by atoms with E-state index in [-0.39, 0.29) is 5.41 Å². The second-order valence-corrected chi connectivity index (χ2v) is 9.50. The smallest absolute Gasteiger partial charge is 0.128 e. The summed E-state index contributed by atoms with van der Waals surface area (Å²) in [4.78, 5) is 7.18. The van der Waals surface area contributed by atoms with E-state index in [2.05, 4.69) is 72.1 Å². The maximum Gasteiger partial charge on any atom is 0.128 e. The van der Waals surface area contributed by atoms with Gasteiger partial charge in [-0.3, -0.25) is 0 Å². The molecule has 1 aromatic heterocycles. The summed E-state index contributed by atoms with van der Waals surface area (Å²) in [5.41, 5.74) is 4.61. The van der Waals surface area contributed by atoms with Crippen molar-refractivity contribution in [1.29, 1.82) is 0 Å². The maximum atomic E-state index is 5.05. The van der Waals surface area contributed by atoms with Crippen LogP contribution in [0, 0.1) is 5.92 Å². The maximum absolute atomic E-state index is 5.05. The molecule has 2 N–H and O–H groups in total. The summed E-state index contributed by atoms with van der Waals surface area (Å²) >= 11 is 0. The summed E-state index contributed by atoms with van der Waals surface area (Å²) in [5.74, 6) is 2.40. The van der Waals surface area contributed by atoms with Gasteiger partial charge in [-0.05, 0) is 67.7 Å². The minimum absolute atomic E-state index is 0.238. The van der Waals surface area contributed by atoms with Gasteiger partial charge in [-0.1, -0.05) is 36.4 Å². The molecular formula is C25H34N4. The van der Waals surface area contributed by atoms with Crippen LogP contribution in [-0.4, -0.2) is 44.8 Å². The second kappa shape index (κ2) is 7.73. The largest absolute Gasteiger partial charge is 0.363 e. The van der Waals surface area contributed by atoms with Crippen LogP contribution in [0.25, 0.3) is 0 Å². The lowest BCUT2D eigenvalue weighted by Crippen LogP contribution is -2.51. The van der Waals surface area contributed by atoms with E-state index >= 15 is 0 Å². The molecule has 4 nitrogen and oxygen atoms in total. The predicted octanol–water partition coefficient (Wildman–Crippen LogP) is 3.48. The molecule has 4 atom stereocenters. The zero-order chi connectivity index (χ0) is 19.8. The Labute approximate surface area is 175 Å². The topological polar surface area (TPSA) is 40.2 Å². The Balaban J connectivity index is 1.45. The summed E-state index contributed by atoms with van der Waals surface area (Å²) in [6.45, 7) is 3.34. The number of piperidine rings is 1. The fourth-order valence-electron chi connectivity index (χ4n) is 6.25. The third-order valence-electron chi connectivity index (χ3n) is 7.70. The molecule has 0 radical (unpaired) electrons. The lowest BCUT2D eigenvalue weighted by Gasteiger charge is -2.45. The molecule has 154 valence electrons. The number of fused-ring (bicyclic) bond motifs is 2. The van der Waals surface area contributed by atoms with Gasteiger partial charge in [0.2, 0.25) is 0 Å². The van der Waals surface area contributed by atoms with Crippen molar-refractivity contribution in [3.63, 3.8) is 0 Å². The highest BCUT2D eigenvalue weighted by Crippen LogP contribution is 2.48. The van der Waals surface area contributed by atoms with Gasteiger partial charge in [-0.15, -0.1) is 0 Å². The Morgan fingerprint density at radius 3 is 2.79 bits per heavy atom. The van der Waals surface area contributed by atoms with Crippen LogP contribution in [0.3, 0.4) is 0 Å². The molecule has 3 heterocycles. The van der Waals surface area contributed by atoms with E-state index in [9.17, 15) is 0 Å². The summed E-state index contributed by atoms with van der Waals surface area (Å²) in [5, 5.41) is 7.71. The SMILES string of the molecule is CN(C)c1ccc2c(n1)CCC[C@]21CNC[C@H]1C1CC(c2ccccc2)CCN1. The zero-order valence-corrected chi connectivity index (χ0v) is 17.8. The van der Waals surface area contributed by atoms with Gasteiger partial charge in [-0.2, -0.15) is 0 Å². The number of pyridine rings is 1. The number of hydrogen-bond acceptors (Lipinski definition) is 4. The first-order chi connectivity index (χ1) is 14.2. The van der Waals surface area contributed by atoms with E-state index in [4.69, 9.17) is 4.98 Å². The second-order valence-electron chi connectivity index (χ2n) is 9.50. The van der Waals surface area contributed by atoms with E-state index < -0.39 is 0 Å². The van der Waals surface area contributed by atoms with E-state index in [1.807, 2.05) is 0 Å². The molecule has 5 rings (SSSR count). The van der Waals surface area contributed by atoms with Crippen molar-refractivity contribution >= 4 is 5.82 Å². The van der Waals surface area contributed by atoms with Crippen molar-refractivity contribution < 1.29 is 0 Å². The first kappa shape index (κ1) is 19.1. The highest BCUT2D eigenvalue weighted by Gasteiger charge is 2.50. The molecule has 2 unspecified atom stereocenters. The normalized spacial score (nSPS) is 31.6. The van der Waals surface area contributed by atoms with Crippen LogP contribution in [0.15, 0.2) is 42.5 Å². The molecule has 0 saturated carbocycles. The molecule has 1 aromatic carbocycles. The van der Waals surface area contributed by atoms with Crippen molar-refractivity contribution in [3.05, 3.63) is 59.3 Å². The van der Waals surface area contributed by atoms with E-state index in [0.29, 0.717) is 17.9 Å². The van der Waals surface area contributed by atoms with Crippen LogP contribution in [0.1, 0.15) is 48.4 Å². The minimum atomic E-state index is 0.238. The Kier molecular flexibility index (Phi) is 5.09. The van der Waals surface area contributed by atoms with E-state index in [1.165, 1.54) is 42.5 Å². The first-order valence-corrected chi connectivity index (χ1v) is 11.3. The lowest BCUT2D eigenvalue weighted by molar-refractivity contribution is 0.195. The van der Waals surface area contributed by atoms with Crippen LogP contribution >= 0.6 is 0 Å². The summed E-state index contributed by atoms with van der Waals surface area (Å²) in [6.07, 6.45) is 6.16. The fourth-order valence-corrected chi connectivity index (χ4v) is 6.25. The molecular weight excluding hydrogens is 356 g/mol. The van der Waals surface area contributed by atoms with Crippen LogP contribution in [0.5, 0.6) is 0 Å². The highest BCUT2D eigenvalue weighted by atomic mass is 15.1. The molecule has 1 aliphatic carbocycles. The number of aryl methyl sites for hydroxylation is 1. The van der Waals surface area contributed by atoms with Gasteiger partial charge in [0.1, 0.15) is 5.82 Å². The van der Waals surface area contributed by atoms with Crippen LogP contribution in [-0.2, 0) is 11.8 Å². The number of rotatable bonds is 3. The monoisotopic (exact) mass is 390 g/mol. The zero-order valence-electron chi connectivity index (χ0n) is 17.8. The van der Waals surface area contributed by atoms with Gasteiger partial charge in [0.25, 0.3) is 0 Å². The summed E-state index contributed by atoms with van der Waals surface area (Å²) < 4.78 is 0. The molecule has 2 fully saturated rings. The van der Waals surface area contributed by atoms with Gasteiger partial charge in [-0.25, -0.2) is 4.98 Å². The highest BCUT2D eigenvalue weighted by molar-refractivity contribution is 5.45. The molecule has 0 amide bonds. The molecule has 0 bridgehead atoms. The van der Waals surface area contributed by atoms with Crippen LogP contribution < -0.4 is 15.5 Å². The Morgan fingerprint density at radius 2 is 1.97 bits per heavy atom. The third-order valence-corrected chi connectivity index (χ3v) is 7.70. The number of nitrogens with zero attached hydrogens (tertiary/aromatic N) is 2. The number of anilines is 1. The van der Waals surface area contributed by atoms with Gasteiger partial charge in [0.05, 0.1) is 0 Å². The minimum Gasteiger partial charge on any atom is -0.363 e. The molecule has 2 saturated heterocycles. The van der Waals surface area contributed by atoms with E-state index in [0.717, 1.165) is 31.9 Å².